The van der Waals surface area contributed by atoms with Gasteiger partial charge in [0.1, 0.15) is 18.3 Å². The molecule has 2 atom stereocenters. The quantitative estimate of drug-likeness (QED) is 0.0649. The van der Waals surface area contributed by atoms with Crippen LogP contribution >= 0.6 is 16.3 Å². The lowest BCUT2D eigenvalue weighted by Gasteiger charge is -2.28. The lowest BCUT2D eigenvalue weighted by atomic mass is 10.2. The maximum Gasteiger partial charge on any atom is 0.663 e. The minimum absolute atomic E-state index is 0.0573. The number of hydrogen-bond acceptors (Lipinski definition) is 21. The molecule has 0 amide bonds. The second-order valence-electron chi connectivity index (χ2n) is 9.78. The monoisotopic (exact) mass is 699 g/mol. The Kier molecular flexibility index (Phi) is 7.09. The number of nitrogens with two attached hydrogens (primary N) is 2. The zero-order valence-electron chi connectivity index (χ0n) is 23.2. The van der Waals surface area contributed by atoms with Crippen LogP contribution in [0.1, 0.15) is 5.76 Å². The zero-order valence-corrected chi connectivity index (χ0v) is 25.0. The maximum atomic E-state index is 12.4. The van der Waals surface area contributed by atoms with Crippen LogP contribution in [0.3, 0.4) is 0 Å². The third-order valence-corrected chi connectivity index (χ3v) is 8.59. The van der Waals surface area contributed by atoms with Gasteiger partial charge in [0, 0.05) is 4.91 Å². The minimum Gasteiger partial charge on any atom is -0.500 e. The first-order valence-corrected chi connectivity index (χ1v) is 16.0. The molecule has 7 heterocycles. The smallest absolute Gasteiger partial charge is 0.500 e. The molecule has 13 N–H and O–H groups in total. The van der Waals surface area contributed by atoms with Crippen LogP contribution in [0.25, 0.3) is 27.5 Å². The summed E-state index contributed by atoms with van der Waals surface area (Å²) in [5.41, 5.74) is 20.3. The number of azide groups is 1. The highest BCUT2D eigenvalue weighted by Gasteiger charge is 2.53. The standard InChI is InChI=1S/C20H21N13O12P2/c21-14-9-15(25-3-24-14)32(4-26-9)18-11(34)12-7(43-18)2-41-47(38,39)45-13-8(30-31-23)6(1-40-46(36,37)44-12)42-19(13)33-5-27-10-16(33)28-20(22)29-17(10)35/h1,5,8,15,24-26,36-39H,2-4,21H2,(H2-2,22,28,29,34,35)/p+2/b6-1+/t8-,15?/m1/s1. The summed E-state index contributed by atoms with van der Waals surface area (Å²) in [4.78, 5) is 70.0. The van der Waals surface area contributed by atoms with Crippen molar-refractivity contribution in [1.82, 2.24) is 35.5 Å². The van der Waals surface area contributed by atoms with Gasteiger partial charge < -0.3 is 41.3 Å². The van der Waals surface area contributed by atoms with Crippen molar-refractivity contribution in [3.05, 3.63) is 62.2 Å². The van der Waals surface area contributed by atoms with Gasteiger partial charge in [-0.2, -0.15) is 24.6 Å². The molecule has 27 heteroatoms. The predicted molar refractivity (Wildman–Crippen MR) is 155 cm³/mol. The van der Waals surface area contributed by atoms with Gasteiger partial charge in [0.25, 0.3) is 17.2 Å². The molecular weight excluding hydrogens is 676 g/mol. The molecule has 2 bridgehead atoms. The van der Waals surface area contributed by atoms with Crippen LogP contribution in [-0.2, 0) is 24.9 Å². The van der Waals surface area contributed by atoms with E-state index in [1.807, 2.05) is 0 Å². The molecule has 1 unspecified atom stereocenters. The number of aromatic amines is 1. The number of aromatic nitrogens is 4. The molecule has 0 aliphatic carbocycles. The van der Waals surface area contributed by atoms with E-state index in [0.717, 1.165) is 10.9 Å². The van der Waals surface area contributed by atoms with Crippen molar-refractivity contribution in [3.63, 3.8) is 0 Å². The Morgan fingerprint density at radius 1 is 1.17 bits per heavy atom. The van der Waals surface area contributed by atoms with Crippen LogP contribution < -0.4 is 42.4 Å². The topological polar surface area (TPSA) is 364 Å². The number of rotatable bonds is 3. The van der Waals surface area contributed by atoms with E-state index in [-0.39, 0.29) is 36.3 Å². The number of nitrogens with zero attached hydrogens (tertiary/aromatic N) is 7. The molecule has 4 aliphatic heterocycles. The number of H-pyrrole nitrogens is 1. The molecule has 25 nitrogen and oxygen atoms in total. The van der Waals surface area contributed by atoms with Crippen molar-refractivity contribution in [3.8, 4) is 11.5 Å². The molecule has 3 aromatic heterocycles. The molecule has 7 rings (SSSR count). The first-order chi connectivity index (χ1) is 22.4. The Labute approximate surface area is 260 Å². The lowest BCUT2D eigenvalue weighted by Crippen LogP contribution is -2.51. The fourth-order valence-corrected chi connectivity index (χ4v) is 6.41. The molecule has 1 saturated heterocycles. The van der Waals surface area contributed by atoms with Crippen LogP contribution in [-0.4, -0.2) is 69.7 Å². The summed E-state index contributed by atoms with van der Waals surface area (Å²) >= 11 is 0. The van der Waals surface area contributed by atoms with E-state index in [1.54, 1.807) is 0 Å². The highest BCUT2D eigenvalue weighted by atomic mass is 31.2. The number of fused-ring (bicyclic) bond motifs is 5. The number of nitrogen functional groups attached to an aromatic ring is 1. The number of aromatic hydroxyl groups is 1. The predicted octanol–water partition coefficient (Wildman–Crippen LogP) is -1.38. The van der Waals surface area contributed by atoms with E-state index in [9.17, 15) is 35.0 Å². The normalized spacial score (nSPS) is 24.3. The van der Waals surface area contributed by atoms with Crippen LogP contribution in [0, 0.1) is 0 Å². The molecule has 0 saturated carbocycles. The Morgan fingerprint density at radius 2 is 1.98 bits per heavy atom. The Bertz CT molecular complexity index is 2000. The zero-order chi connectivity index (χ0) is 33.2. The molecular formula is C20H23N13O12P2+2. The summed E-state index contributed by atoms with van der Waals surface area (Å²) in [6.45, 7) is -0.594. The van der Waals surface area contributed by atoms with Gasteiger partial charge in [0.05, 0.1) is 19.0 Å². The number of imidazole rings is 1. The summed E-state index contributed by atoms with van der Waals surface area (Å²) in [7, 11) is -9.98. The summed E-state index contributed by atoms with van der Waals surface area (Å²) in [5, 5.41) is 23.6. The molecule has 47 heavy (non-hydrogen) atoms. The van der Waals surface area contributed by atoms with Gasteiger partial charge in [-0.15, -0.1) is 4.52 Å². The average Bonchev–Trinajstić information content (AvgIpc) is 3.76. The average molecular weight is 699 g/mol. The molecule has 248 valence electrons. The second kappa shape index (κ2) is 10.9. The fourth-order valence-electron chi connectivity index (χ4n) is 4.92. The molecule has 0 radical (unpaired) electrons. The van der Waals surface area contributed by atoms with Crippen molar-refractivity contribution in [2.75, 3.05) is 24.0 Å². The summed E-state index contributed by atoms with van der Waals surface area (Å²) in [5.74, 6) is -3.73. The molecule has 3 aromatic rings. The first kappa shape index (κ1) is 30.4. The second-order valence-corrected chi connectivity index (χ2v) is 12.6. The Balaban J connectivity index is 1.31. The third-order valence-electron chi connectivity index (χ3n) is 6.89. The SMILES string of the molecule is [N-]=[N+]=N[C@H]1C2=C(n3cnc4c(=O)[nH]c(N)nc43)O/C1=C/O[P+](O)(O)Oc1c(oc(N3CNC4=C(N)NCNC43)c1O)CO[P+](O)(O)O2. The third kappa shape index (κ3) is 5.28. The fraction of sp³-hybridized carbons (Fsp3) is 0.250. The first-order valence-electron chi connectivity index (χ1n) is 13.0. The van der Waals surface area contributed by atoms with E-state index in [2.05, 4.69) is 40.9 Å². The number of hydrogen-bond donors (Lipinski definition) is 11. The van der Waals surface area contributed by atoms with Crippen molar-refractivity contribution in [1.29, 1.82) is 0 Å². The summed E-state index contributed by atoms with van der Waals surface area (Å²) < 4.78 is 33.5. The molecule has 1 fully saturated rings. The summed E-state index contributed by atoms with van der Waals surface area (Å²) in [6, 6.07) is -1.69. The van der Waals surface area contributed by atoms with E-state index in [1.165, 1.54) is 4.90 Å². The highest BCUT2D eigenvalue weighted by Crippen LogP contribution is 2.61. The Morgan fingerprint density at radius 3 is 2.77 bits per heavy atom. The number of nitrogens with one attached hydrogen (secondary N) is 4. The summed E-state index contributed by atoms with van der Waals surface area (Å²) in [6.07, 6.45) is 1.01. The van der Waals surface area contributed by atoms with Crippen LogP contribution in [0.5, 0.6) is 11.5 Å². The van der Waals surface area contributed by atoms with Crippen molar-refractivity contribution < 1.29 is 51.9 Å². The largest absolute Gasteiger partial charge is 0.663 e. The van der Waals surface area contributed by atoms with Gasteiger partial charge in [-0.05, 0) is 5.53 Å². The number of ether oxygens (including phenoxy) is 1. The van der Waals surface area contributed by atoms with Crippen molar-refractivity contribution in [2.45, 2.75) is 18.8 Å². The van der Waals surface area contributed by atoms with Gasteiger partial charge in [0.15, 0.2) is 41.6 Å². The van der Waals surface area contributed by atoms with Gasteiger partial charge in [0.2, 0.25) is 23.3 Å². The lowest BCUT2D eigenvalue weighted by molar-refractivity contribution is 0.123. The van der Waals surface area contributed by atoms with Crippen LogP contribution in [0.2, 0.25) is 0 Å². The van der Waals surface area contributed by atoms with Gasteiger partial charge in [-0.25, -0.2) is 14.1 Å². The van der Waals surface area contributed by atoms with E-state index in [4.69, 9.17) is 38.7 Å². The Hall–Kier alpha value is -5.22. The number of furan rings is 1. The van der Waals surface area contributed by atoms with Crippen molar-refractivity contribution >= 4 is 45.2 Å². The van der Waals surface area contributed by atoms with E-state index in [0.29, 0.717) is 17.8 Å². The highest BCUT2D eigenvalue weighted by molar-refractivity contribution is 7.55. The molecule has 0 aromatic carbocycles. The van der Waals surface area contributed by atoms with Gasteiger partial charge in [-0.1, -0.05) is 5.11 Å². The van der Waals surface area contributed by atoms with Gasteiger partial charge >= 0.3 is 16.3 Å². The van der Waals surface area contributed by atoms with E-state index >= 15 is 0 Å². The molecule has 0 spiro atoms. The number of anilines is 2. The van der Waals surface area contributed by atoms with Crippen LogP contribution in [0.4, 0.5) is 11.8 Å². The maximum absolute atomic E-state index is 12.4. The van der Waals surface area contributed by atoms with E-state index < -0.39 is 75.4 Å². The van der Waals surface area contributed by atoms with Crippen LogP contribution in [0.15, 0.2) is 50.0 Å². The van der Waals surface area contributed by atoms with Gasteiger partial charge in [-0.3, -0.25) is 24.1 Å². The minimum atomic E-state index is -5.00. The van der Waals surface area contributed by atoms with Crippen molar-refractivity contribution in [2.24, 2.45) is 10.8 Å². The molecule has 4 aliphatic rings.